The van der Waals surface area contributed by atoms with Crippen LogP contribution in [0.25, 0.3) is 0 Å². The van der Waals surface area contributed by atoms with Crippen molar-refractivity contribution in [2.45, 2.75) is 20.1 Å². The molecule has 0 fully saturated rings. The van der Waals surface area contributed by atoms with Crippen molar-refractivity contribution in [1.29, 1.82) is 0 Å². The Labute approximate surface area is 114 Å². The second-order valence-corrected chi connectivity index (χ2v) is 4.01. The van der Waals surface area contributed by atoms with E-state index in [1.165, 1.54) is 6.07 Å². The Morgan fingerprint density at radius 2 is 2.10 bits per heavy atom. The summed E-state index contributed by atoms with van der Waals surface area (Å²) in [6.45, 7) is -0.340. The van der Waals surface area contributed by atoms with Gasteiger partial charge in [-0.2, -0.15) is 13.9 Å². The van der Waals surface area contributed by atoms with Gasteiger partial charge in [-0.25, -0.2) is 4.68 Å². The molecule has 7 heteroatoms. The number of nitrogen functional groups attached to an aromatic ring is 1. The van der Waals surface area contributed by atoms with Gasteiger partial charge in [0.1, 0.15) is 5.82 Å². The number of aromatic nitrogens is 2. The van der Waals surface area contributed by atoms with Gasteiger partial charge in [0.05, 0.1) is 19.3 Å². The van der Waals surface area contributed by atoms with Crippen LogP contribution in [-0.2, 0) is 6.54 Å². The first-order valence-electron chi connectivity index (χ1n) is 6.08. The molecule has 1 aromatic heterocycles. The number of hydrogen-bond acceptors (Lipinski definition) is 4. The third kappa shape index (κ3) is 3.37. The van der Waals surface area contributed by atoms with Crippen LogP contribution in [0.3, 0.4) is 0 Å². The van der Waals surface area contributed by atoms with Gasteiger partial charge in [-0.3, -0.25) is 0 Å². The standard InChI is InChI=1S/C13H15F2N3O2/c1-2-19-11-7-9(3-4-10(11)20-13(14)15)8-18-12(16)5-6-17-18/h3-7,13H,2,8,16H2,1H3. The Morgan fingerprint density at radius 3 is 2.70 bits per heavy atom. The summed E-state index contributed by atoms with van der Waals surface area (Å²) in [5.41, 5.74) is 6.55. The van der Waals surface area contributed by atoms with E-state index in [9.17, 15) is 8.78 Å². The van der Waals surface area contributed by atoms with Crippen molar-refractivity contribution in [2.24, 2.45) is 0 Å². The maximum Gasteiger partial charge on any atom is 0.387 e. The maximum atomic E-state index is 12.3. The molecule has 0 radical (unpaired) electrons. The number of halogens is 2. The zero-order valence-corrected chi connectivity index (χ0v) is 10.9. The fraction of sp³-hybridized carbons (Fsp3) is 0.308. The number of hydrogen-bond donors (Lipinski definition) is 1. The van der Waals surface area contributed by atoms with Crippen LogP contribution < -0.4 is 15.2 Å². The normalized spacial score (nSPS) is 10.8. The van der Waals surface area contributed by atoms with E-state index < -0.39 is 6.61 Å². The number of rotatable bonds is 6. The minimum Gasteiger partial charge on any atom is -0.490 e. The molecule has 0 saturated carbocycles. The number of ether oxygens (including phenoxy) is 2. The first-order chi connectivity index (χ1) is 9.60. The topological polar surface area (TPSA) is 62.3 Å². The number of benzene rings is 1. The van der Waals surface area contributed by atoms with Gasteiger partial charge in [-0.15, -0.1) is 0 Å². The van der Waals surface area contributed by atoms with E-state index in [1.54, 1.807) is 36.0 Å². The molecule has 108 valence electrons. The molecule has 2 aromatic rings. The van der Waals surface area contributed by atoms with Gasteiger partial charge in [-0.1, -0.05) is 6.07 Å². The van der Waals surface area contributed by atoms with Crippen LogP contribution in [0.15, 0.2) is 30.5 Å². The SMILES string of the molecule is CCOc1cc(Cn2nccc2N)ccc1OC(F)F. The van der Waals surface area contributed by atoms with E-state index >= 15 is 0 Å². The third-order valence-corrected chi connectivity index (χ3v) is 2.61. The molecule has 1 aromatic carbocycles. The minimum atomic E-state index is -2.89. The lowest BCUT2D eigenvalue weighted by Crippen LogP contribution is -2.07. The average Bonchev–Trinajstić information content (AvgIpc) is 2.78. The first kappa shape index (κ1) is 14.1. The second kappa shape index (κ2) is 6.23. The predicted octanol–water partition coefficient (Wildman–Crippen LogP) is 2.51. The molecule has 0 aliphatic rings. The monoisotopic (exact) mass is 283 g/mol. The first-order valence-corrected chi connectivity index (χ1v) is 6.08. The van der Waals surface area contributed by atoms with E-state index in [-0.39, 0.29) is 11.5 Å². The van der Waals surface area contributed by atoms with Gasteiger partial charge in [0, 0.05) is 0 Å². The Bertz CT molecular complexity index is 572. The highest BCUT2D eigenvalue weighted by Gasteiger charge is 2.12. The molecule has 2 rings (SSSR count). The van der Waals surface area contributed by atoms with Crippen molar-refractivity contribution in [1.82, 2.24) is 9.78 Å². The van der Waals surface area contributed by atoms with Gasteiger partial charge in [0.15, 0.2) is 11.5 Å². The molecule has 1 heterocycles. The van der Waals surface area contributed by atoms with Gasteiger partial charge >= 0.3 is 6.61 Å². The highest BCUT2D eigenvalue weighted by atomic mass is 19.3. The number of anilines is 1. The summed E-state index contributed by atoms with van der Waals surface area (Å²) in [5, 5.41) is 4.06. The van der Waals surface area contributed by atoms with Crippen LogP contribution in [-0.4, -0.2) is 23.0 Å². The Balaban J connectivity index is 2.22. The quantitative estimate of drug-likeness (QED) is 0.884. The highest BCUT2D eigenvalue weighted by Crippen LogP contribution is 2.30. The molecular formula is C13H15F2N3O2. The van der Waals surface area contributed by atoms with Crippen molar-refractivity contribution >= 4 is 5.82 Å². The summed E-state index contributed by atoms with van der Waals surface area (Å²) in [5.74, 6) is 0.811. The molecule has 2 N–H and O–H groups in total. The van der Waals surface area contributed by atoms with Crippen LogP contribution >= 0.6 is 0 Å². The van der Waals surface area contributed by atoms with Gasteiger partial charge in [0.25, 0.3) is 0 Å². The van der Waals surface area contributed by atoms with E-state index in [1.807, 2.05) is 0 Å². The summed E-state index contributed by atoms with van der Waals surface area (Å²) in [6, 6.07) is 6.44. The summed E-state index contributed by atoms with van der Waals surface area (Å²) in [7, 11) is 0. The molecule has 0 aliphatic heterocycles. The lowest BCUT2D eigenvalue weighted by atomic mass is 10.2. The molecule has 0 amide bonds. The van der Waals surface area contributed by atoms with E-state index in [0.717, 1.165) is 5.56 Å². The van der Waals surface area contributed by atoms with Gasteiger partial charge < -0.3 is 15.2 Å². The highest BCUT2D eigenvalue weighted by molar-refractivity contribution is 5.43. The van der Waals surface area contributed by atoms with Crippen LogP contribution in [0.1, 0.15) is 12.5 Å². The van der Waals surface area contributed by atoms with Crippen LogP contribution in [0.5, 0.6) is 11.5 Å². The van der Waals surface area contributed by atoms with E-state index in [2.05, 4.69) is 9.84 Å². The smallest absolute Gasteiger partial charge is 0.387 e. The molecule has 5 nitrogen and oxygen atoms in total. The van der Waals surface area contributed by atoms with E-state index in [0.29, 0.717) is 19.0 Å². The van der Waals surface area contributed by atoms with Crippen molar-refractivity contribution in [3.63, 3.8) is 0 Å². The van der Waals surface area contributed by atoms with Crippen LogP contribution in [0, 0.1) is 0 Å². The predicted molar refractivity (Wildman–Crippen MR) is 70.0 cm³/mol. The summed E-state index contributed by atoms with van der Waals surface area (Å²) >= 11 is 0. The molecule has 0 atom stereocenters. The summed E-state index contributed by atoms with van der Waals surface area (Å²) in [4.78, 5) is 0. The van der Waals surface area contributed by atoms with Crippen LogP contribution in [0.4, 0.5) is 14.6 Å². The van der Waals surface area contributed by atoms with E-state index in [4.69, 9.17) is 10.5 Å². The number of nitrogens with zero attached hydrogens (tertiary/aromatic N) is 2. The minimum absolute atomic E-state index is 0.0130. The molecule has 20 heavy (non-hydrogen) atoms. The molecule has 0 unspecified atom stereocenters. The molecular weight excluding hydrogens is 268 g/mol. The lowest BCUT2D eigenvalue weighted by molar-refractivity contribution is -0.0514. The summed E-state index contributed by atoms with van der Waals surface area (Å²) in [6.07, 6.45) is 1.59. The zero-order chi connectivity index (χ0) is 14.5. The second-order valence-electron chi connectivity index (χ2n) is 4.01. The number of nitrogens with two attached hydrogens (primary N) is 1. The molecule has 0 spiro atoms. The van der Waals surface area contributed by atoms with Crippen molar-refractivity contribution in [3.8, 4) is 11.5 Å². The van der Waals surface area contributed by atoms with Gasteiger partial charge in [-0.05, 0) is 30.7 Å². The maximum absolute atomic E-state index is 12.3. The Kier molecular flexibility index (Phi) is 4.39. The lowest BCUT2D eigenvalue weighted by Gasteiger charge is -2.13. The average molecular weight is 283 g/mol. The largest absolute Gasteiger partial charge is 0.490 e. The summed E-state index contributed by atoms with van der Waals surface area (Å²) < 4.78 is 35.9. The van der Waals surface area contributed by atoms with Crippen LogP contribution in [0.2, 0.25) is 0 Å². The molecule has 0 aliphatic carbocycles. The fourth-order valence-electron chi connectivity index (χ4n) is 1.76. The fourth-order valence-corrected chi connectivity index (χ4v) is 1.76. The van der Waals surface area contributed by atoms with Crippen molar-refractivity contribution < 1.29 is 18.3 Å². The Morgan fingerprint density at radius 1 is 1.30 bits per heavy atom. The Hall–Kier alpha value is -2.31. The van der Waals surface area contributed by atoms with Gasteiger partial charge in [0.2, 0.25) is 0 Å². The van der Waals surface area contributed by atoms with Crippen molar-refractivity contribution in [2.75, 3.05) is 12.3 Å². The third-order valence-electron chi connectivity index (χ3n) is 2.61. The molecule has 0 saturated heterocycles. The molecule has 0 bridgehead atoms. The zero-order valence-electron chi connectivity index (χ0n) is 10.9. The number of alkyl halides is 2. The van der Waals surface area contributed by atoms with Crippen molar-refractivity contribution in [3.05, 3.63) is 36.0 Å².